The normalized spacial score (nSPS) is 15.2. The summed E-state index contributed by atoms with van der Waals surface area (Å²) >= 11 is 3.83. The average Bonchev–Trinajstić information content (AvgIpc) is 3.60. The van der Waals surface area contributed by atoms with E-state index in [1.165, 1.54) is 29.2 Å². The van der Waals surface area contributed by atoms with Gasteiger partial charge in [0.1, 0.15) is 0 Å². The number of amides is 2. The second-order valence-corrected chi connectivity index (χ2v) is 12.5. The van der Waals surface area contributed by atoms with Crippen molar-refractivity contribution in [1.29, 1.82) is 0 Å². The highest BCUT2D eigenvalue weighted by Gasteiger charge is 2.36. The van der Waals surface area contributed by atoms with E-state index in [1.54, 1.807) is 66.7 Å². The zero-order chi connectivity index (χ0) is 28.2. The Hall–Kier alpha value is -4.58. The second-order valence-electron chi connectivity index (χ2n) is 9.15. The number of aromatic nitrogens is 1. The van der Waals surface area contributed by atoms with E-state index in [-0.39, 0.29) is 23.3 Å². The number of rotatable bonds is 5. The molecule has 2 amide bonds. The highest BCUT2D eigenvalue weighted by molar-refractivity contribution is 8.05. The molecule has 3 heterocycles. The standard InChI is InChI=1S/C30H15N3O5S3/c34-27-20-7-3-4-8-23(20)39-26(27)14-16-9-12-24(22(13-16)33(37)38)40-30-31-21-11-10-17(15-25(21)41-30)32-28(35)18-5-1-2-6-19(18)29(32)36/h1-15H/b26-14-. The highest BCUT2D eigenvalue weighted by atomic mass is 32.2. The molecule has 0 spiro atoms. The molecule has 0 radical (unpaired) electrons. The molecular formula is C30H15N3O5S3. The van der Waals surface area contributed by atoms with Gasteiger partial charge in [-0.25, -0.2) is 9.88 Å². The van der Waals surface area contributed by atoms with Crippen LogP contribution in [-0.4, -0.2) is 27.5 Å². The number of benzene rings is 4. The molecule has 8 nitrogen and oxygen atoms in total. The molecular weight excluding hydrogens is 579 g/mol. The number of nitrogens with zero attached hydrogens (tertiary/aromatic N) is 3. The van der Waals surface area contributed by atoms with Crippen molar-refractivity contribution in [2.75, 3.05) is 4.90 Å². The van der Waals surface area contributed by atoms with Crippen LogP contribution in [0.2, 0.25) is 0 Å². The van der Waals surface area contributed by atoms with Crippen LogP contribution in [0.3, 0.4) is 0 Å². The predicted octanol–water partition coefficient (Wildman–Crippen LogP) is 7.49. The van der Waals surface area contributed by atoms with Gasteiger partial charge in [-0.15, -0.1) is 11.3 Å². The van der Waals surface area contributed by atoms with E-state index in [4.69, 9.17) is 0 Å². The van der Waals surface area contributed by atoms with Gasteiger partial charge in [0.25, 0.3) is 17.5 Å². The van der Waals surface area contributed by atoms with Crippen LogP contribution in [0, 0.1) is 10.1 Å². The van der Waals surface area contributed by atoms with Crippen molar-refractivity contribution in [2.45, 2.75) is 14.1 Å². The maximum Gasteiger partial charge on any atom is 0.283 e. The van der Waals surface area contributed by atoms with Gasteiger partial charge >= 0.3 is 0 Å². The van der Waals surface area contributed by atoms with Crippen molar-refractivity contribution in [2.24, 2.45) is 0 Å². The Balaban J connectivity index is 1.16. The maximum atomic E-state index is 12.9. The van der Waals surface area contributed by atoms with Crippen molar-refractivity contribution in [3.8, 4) is 0 Å². The third kappa shape index (κ3) is 4.34. The molecule has 0 aliphatic carbocycles. The summed E-state index contributed by atoms with van der Waals surface area (Å²) in [5.41, 5.74) is 2.91. The Labute approximate surface area is 244 Å². The van der Waals surface area contributed by atoms with Gasteiger partial charge in [0.2, 0.25) is 5.78 Å². The Kier molecular flexibility index (Phi) is 6.07. The van der Waals surface area contributed by atoms with Gasteiger partial charge in [0.15, 0.2) is 4.34 Å². The molecule has 7 rings (SSSR count). The summed E-state index contributed by atoms with van der Waals surface area (Å²) < 4.78 is 1.31. The number of allylic oxidation sites excluding steroid dienone is 1. The number of anilines is 1. The number of carbonyl (C=O) groups excluding carboxylic acids is 3. The number of hydrogen-bond donors (Lipinski definition) is 0. The smallest absolute Gasteiger partial charge is 0.283 e. The number of fused-ring (bicyclic) bond motifs is 3. The quantitative estimate of drug-likeness (QED) is 0.0892. The fraction of sp³-hybridized carbons (Fsp3) is 0. The molecule has 41 heavy (non-hydrogen) atoms. The van der Waals surface area contributed by atoms with E-state index in [1.807, 2.05) is 18.2 Å². The third-order valence-corrected chi connectivity index (χ3v) is 9.90. The summed E-state index contributed by atoms with van der Waals surface area (Å²) in [6.45, 7) is 0. The lowest BCUT2D eigenvalue weighted by Crippen LogP contribution is -2.29. The number of thioether (sulfide) groups is 1. The van der Waals surface area contributed by atoms with Gasteiger partial charge in [-0.1, -0.05) is 53.9 Å². The minimum absolute atomic E-state index is 0.0942. The number of nitro benzene ring substituents is 1. The van der Waals surface area contributed by atoms with E-state index in [9.17, 15) is 24.5 Å². The monoisotopic (exact) mass is 593 g/mol. The molecule has 0 unspecified atom stereocenters. The molecule has 0 saturated heterocycles. The van der Waals surface area contributed by atoms with Gasteiger partial charge < -0.3 is 0 Å². The van der Waals surface area contributed by atoms with Crippen LogP contribution >= 0.6 is 34.9 Å². The van der Waals surface area contributed by atoms with E-state index in [0.717, 1.165) is 26.3 Å². The van der Waals surface area contributed by atoms with E-state index >= 15 is 0 Å². The van der Waals surface area contributed by atoms with Crippen LogP contribution in [0.4, 0.5) is 11.4 Å². The minimum Gasteiger partial charge on any atom is -0.288 e. The lowest BCUT2D eigenvalue weighted by molar-refractivity contribution is -0.387. The molecule has 0 N–H and O–H groups in total. The SMILES string of the molecule is O=C1/C(=C/c2ccc(Sc3nc4ccc(N5C(=O)c6ccccc6C5=O)cc4s3)c([N+](=O)[O-])c2)Sc2ccccc21. The lowest BCUT2D eigenvalue weighted by atomic mass is 10.1. The molecule has 5 aromatic rings. The number of carbonyl (C=O) groups is 3. The van der Waals surface area contributed by atoms with Gasteiger partial charge in [0.05, 0.1) is 41.8 Å². The summed E-state index contributed by atoms with van der Waals surface area (Å²) in [6.07, 6.45) is 1.67. The molecule has 1 aromatic heterocycles. The van der Waals surface area contributed by atoms with E-state index < -0.39 is 4.92 Å². The Morgan fingerprint density at radius 2 is 1.56 bits per heavy atom. The van der Waals surface area contributed by atoms with Gasteiger partial charge in [-0.2, -0.15) is 0 Å². The molecule has 0 fully saturated rings. The van der Waals surface area contributed by atoms with Gasteiger partial charge in [0, 0.05) is 16.5 Å². The Morgan fingerprint density at radius 1 is 0.854 bits per heavy atom. The molecule has 198 valence electrons. The third-order valence-electron chi connectivity index (χ3n) is 6.65. The molecule has 11 heteroatoms. The topological polar surface area (TPSA) is 110 Å². The molecule has 0 bridgehead atoms. The first kappa shape index (κ1) is 25.4. The number of thiazole rings is 1. The van der Waals surface area contributed by atoms with Crippen LogP contribution in [0.5, 0.6) is 0 Å². The molecule has 2 aliphatic rings. The van der Waals surface area contributed by atoms with Crippen molar-refractivity contribution < 1.29 is 19.3 Å². The molecule has 0 atom stereocenters. The number of imide groups is 1. The first-order valence-corrected chi connectivity index (χ1v) is 14.7. The predicted molar refractivity (Wildman–Crippen MR) is 159 cm³/mol. The maximum absolute atomic E-state index is 12.9. The summed E-state index contributed by atoms with van der Waals surface area (Å²) in [5.74, 6) is -0.852. The lowest BCUT2D eigenvalue weighted by Gasteiger charge is -2.13. The largest absolute Gasteiger partial charge is 0.288 e. The zero-order valence-electron chi connectivity index (χ0n) is 20.8. The first-order chi connectivity index (χ1) is 19.9. The summed E-state index contributed by atoms with van der Waals surface area (Å²) in [7, 11) is 0. The molecule has 4 aromatic carbocycles. The van der Waals surface area contributed by atoms with Crippen molar-refractivity contribution in [3.63, 3.8) is 0 Å². The Bertz CT molecular complexity index is 1980. The Morgan fingerprint density at radius 3 is 2.27 bits per heavy atom. The zero-order valence-corrected chi connectivity index (χ0v) is 23.2. The van der Waals surface area contributed by atoms with Crippen LogP contribution < -0.4 is 4.90 Å². The second kappa shape index (κ2) is 9.81. The molecule has 0 saturated carbocycles. The van der Waals surface area contributed by atoms with Crippen LogP contribution in [-0.2, 0) is 0 Å². The summed E-state index contributed by atoms with van der Waals surface area (Å²) in [5, 5.41) is 12.0. The summed E-state index contributed by atoms with van der Waals surface area (Å²) in [4.78, 5) is 57.6. The highest BCUT2D eigenvalue weighted by Crippen LogP contribution is 2.43. The van der Waals surface area contributed by atoms with E-state index in [2.05, 4.69) is 4.98 Å². The molecule has 2 aliphatic heterocycles. The van der Waals surface area contributed by atoms with Gasteiger partial charge in [-0.05, 0) is 60.2 Å². The summed E-state index contributed by atoms with van der Waals surface area (Å²) in [6, 6.07) is 24.0. The van der Waals surface area contributed by atoms with Crippen molar-refractivity contribution in [3.05, 3.63) is 122 Å². The van der Waals surface area contributed by atoms with Crippen molar-refractivity contribution >= 4 is 80.1 Å². The van der Waals surface area contributed by atoms with Crippen LogP contribution in [0.1, 0.15) is 36.6 Å². The van der Waals surface area contributed by atoms with Crippen molar-refractivity contribution in [1.82, 2.24) is 4.98 Å². The first-order valence-electron chi connectivity index (χ1n) is 12.3. The van der Waals surface area contributed by atoms with Crippen LogP contribution in [0.15, 0.2) is 104 Å². The number of nitro groups is 1. The minimum atomic E-state index is -0.448. The van der Waals surface area contributed by atoms with E-state index in [0.29, 0.717) is 47.6 Å². The number of Topliss-reactive ketones (excluding diaryl/α,β-unsaturated/α-hetero) is 1. The fourth-order valence-electron chi connectivity index (χ4n) is 4.73. The van der Waals surface area contributed by atoms with Crippen LogP contribution in [0.25, 0.3) is 16.3 Å². The fourth-order valence-corrected chi connectivity index (χ4v) is 7.93. The average molecular weight is 594 g/mol. The van der Waals surface area contributed by atoms with Gasteiger partial charge in [-0.3, -0.25) is 24.5 Å². The number of ketones is 1. The number of hydrogen-bond acceptors (Lipinski definition) is 9.